The molecule has 3 heterocycles. The number of hydrogen-bond donors (Lipinski definition) is 2. The zero-order valence-corrected chi connectivity index (χ0v) is 24.1. The van der Waals surface area contributed by atoms with E-state index in [1.807, 2.05) is 54.6 Å². The summed E-state index contributed by atoms with van der Waals surface area (Å²) in [6.45, 7) is 0. The van der Waals surface area contributed by atoms with E-state index in [1.165, 1.54) is 21.7 Å². The molecule has 3 aromatic heterocycles. The second-order valence-corrected chi connectivity index (χ2v) is 10.1. The van der Waals surface area contributed by atoms with Crippen molar-refractivity contribution in [3.8, 4) is 58.2 Å². The Labute approximate surface area is 264 Å². The highest BCUT2D eigenvalue weighted by Crippen LogP contribution is 2.33. The number of aromatic hydroxyl groups is 2. The van der Waals surface area contributed by atoms with E-state index < -0.39 is 0 Å². The molecule has 47 heavy (non-hydrogen) atoms. The first-order chi connectivity index (χ1) is 23.0. The van der Waals surface area contributed by atoms with Crippen molar-refractivity contribution in [2.24, 2.45) is 0 Å². The van der Waals surface area contributed by atoms with Gasteiger partial charge in [0, 0.05) is 12.1 Å². The molecule has 0 aliphatic carbocycles. The molecule has 5 aromatic carbocycles. The number of fused-ring (bicyclic) bond motifs is 2. The summed E-state index contributed by atoms with van der Waals surface area (Å²) in [6, 6.07) is 32.4. The molecule has 0 saturated heterocycles. The van der Waals surface area contributed by atoms with E-state index in [0.29, 0.717) is 39.2 Å². The van der Waals surface area contributed by atoms with E-state index >= 15 is 0 Å². The van der Waals surface area contributed by atoms with Gasteiger partial charge in [0.1, 0.15) is 62.2 Å². The molecule has 0 bridgehead atoms. The minimum Gasteiger partial charge on any atom is -0.505 e. The Morgan fingerprint density at radius 3 is 1.15 bits per heavy atom. The maximum Gasteiger partial charge on any atom is 0.331 e. The van der Waals surface area contributed by atoms with Crippen LogP contribution in [0.2, 0.25) is 0 Å². The largest absolute Gasteiger partial charge is 0.505 e. The van der Waals surface area contributed by atoms with Gasteiger partial charge in [-0.25, -0.2) is 0 Å². The van der Waals surface area contributed by atoms with Gasteiger partial charge in [-0.2, -0.15) is 0 Å². The standard InChI is InChI=1S/C33H21N9O5/c43-29-18-21(14-16-27(29)41-37-23-10-4-5-11-24(23)38-41)46-32-34-31(45-20-8-2-1-3-9-20)35-33(36-32)47-22-15-17-28(30(44)19-22)42-39-25-12-6-7-13-26(25)40-42/h1-19,43-44H. The van der Waals surface area contributed by atoms with Gasteiger partial charge in [0.05, 0.1) is 0 Å². The summed E-state index contributed by atoms with van der Waals surface area (Å²) in [4.78, 5) is 15.5. The van der Waals surface area contributed by atoms with E-state index in [-0.39, 0.29) is 41.0 Å². The highest BCUT2D eigenvalue weighted by molar-refractivity contribution is 5.74. The van der Waals surface area contributed by atoms with Crippen LogP contribution < -0.4 is 14.2 Å². The third-order valence-electron chi connectivity index (χ3n) is 6.84. The lowest BCUT2D eigenvalue weighted by Crippen LogP contribution is -2.02. The molecule has 0 amide bonds. The number of nitrogens with zero attached hydrogens (tertiary/aromatic N) is 9. The topological polar surface area (TPSA) is 168 Å². The Hall–Kier alpha value is -7.09. The van der Waals surface area contributed by atoms with Crippen LogP contribution in [0.5, 0.6) is 46.8 Å². The summed E-state index contributed by atoms with van der Waals surface area (Å²) in [6.07, 6.45) is 0. The molecule has 14 heteroatoms. The van der Waals surface area contributed by atoms with Gasteiger partial charge >= 0.3 is 18.0 Å². The molecule has 0 radical (unpaired) electrons. The molecule has 0 unspecified atom stereocenters. The molecule has 14 nitrogen and oxygen atoms in total. The SMILES string of the molecule is Oc1cc(Oc2nc(Oc3ccccc3)nc(Oc3ccc(-n4nc5ccccc5n4)c(O)c3)n2)ccc1-n1nc2ccccc2n1. The number of phenols is 2. The van der Waals surface area contributed by atoms with E-state index in [9.17, 15) is 10.2 Å². The van der Waals surface area contributed by atoms with Crippen LogP contribution in [-0.4, -0.2) is 55.2 Å². The maximum atomic E-state index is 10.8. The highest BCUT2D eigenvalue weighted by atomic mass is 16.5. The predicted octanol–water partition coefficient (Wildman–Crippen LogP) is 6.13. The van der Waals surface area contributed by atoms with Crippen molar-refractivity contribution in [2.75, 3.05) is 0 Å². The second-order valence-electron chi connectivity index (χ2n) is 10.1. The molecule has 0 aliphatic rings. The van der Waals surface area contributed by atoms with Gasteiger partial charge in [0.25, 0.3) is 0 Å². The third-order valence-corrected chi connectivity index (χ3v) is 6.84. The molecule has 8 aromatic rings. The van der Waals surface area contributed by atoms with Crippen molar-refractivity contribution in [3.05, 3.63) is 115 Å². The van der Waals surface area contributed by atoms with Gasteiger partial charge in [0.15, 0.2) is 0 Å². The predicted molar refractivity (Wildman–Crippen MR) is 168 cm³/mol. The summed E-state index contributed by atoms with van der Waals surface area (Å²) in [5, 5.41) is 39.2. The maximum absolute atomic E-state index is 10.8. The quantitative estimate of drug-likeness (QED) is 0.199. The van der Waals surface area contributed by atoms with Crippen LogP contribution in [0.1, 0.15) is 0 Å². The molecule has 228 valence electrons. The summed E-state index contributed by atoms with van der Waals surface area (Å²) < 4.78 is 17.6. The first-order valence-electron chi connectivity index (χ1n) is 14.2. The lowest BCUT2D eigenvalue weighted by Gasteiger charge is -2.11. The van der Waals surface area contributed by atoms with Crippen molar-refractivity contribution in [1.82, 2.24) is 44.9 Å². The molecule has 0 saturated carbocycles. The molecule has 0 atom stereocenters. The van der Waals surface area contributed by atoms with Gasteiger partial charge in [-0.1, -0.05) is 42.5 Å². The number of para-hydroxylation sites is 1. The van der Waals surface area contributed by atoms with Crippen molar-refractivity contribution in [2.45, 2.75) is 0 Å². The van der Waals surface area contributed by atoms with Crippen LogP contribution in [0.15, 0.2) is 115 Å². The summed E-state index contributed by atoms with van der Waals surface area (Å²) in [5.41, 5.74) is 3.44. The third kappa shape index (κ3) is 5.64. The van der Waals surface area contributed by atoms with Crippen molar-refractivity contribution < 1.29 is 24.4 Å². The van der Waals surface area contributed by atoms with E-state index in [1.54, 1.807) is 48.5 Å². The van der Waals surface area contributed by atoms with Crippen LogP contribution >= 0.6 is 0 Å². The van der Waals surface area contributed by atoms with Crippen LogP contribution in [0.3, 0.4) is 0 Å². The Bertz CT molecular complexity index is 2180. The van der Waals surface area contributed by atoms with E-state index in [0.717, 1.165) is 0 Å². The normalized spacial score (nSPS) is 11.1. The minimum absolute atomic E-state index is 0.113. The monoisotopic (exact) mass is 623 g/mol. The first-order valence-corrected chi connectivity index (χ1v) is 14.2. The van der Waals surface area contributed by atoms with Crippen LogP contribution in [-0.2, 0) is 0 Å². The fourth-order valence-electron chi connectivity index (χ4n) is 4.67. The zero-order chi connectivity index (χ0) is 31.7. The van der Waals surface area contributed by atoms with Crippen molar-refractivity contribution >= 4 is 22.1 Å². The molecule has 8 rings (SSSR count). The van der Waals surface area contributed by atoms with Gasteiger partial charge in [-0.3, -0.25) is 0 Å². The highest BCUT2D eigenvalue weighted by Gasteiger charge is 2.17. The molecule has 0 fully saturated rings. The molecular weight excluding hydrogens is 602 g/mol. The number of benzene rings is 5. The van der Waals surface area contributed by atoms with E-state index in [4.69, 9.17) is 14.2 Å². The van der Waals surface area contributed by atoms with Gasteiger partial charge in [0.2, 0.25) is 0 Å². The fourth-order valence-corrected chi connectivity index (χ4v) is 4.67. The van der Waals surface area contributed by atoms with Crippen LogP contribution in [0.25, 0.3) is 33.4 Å². The Kier molecular flexibility index (Phi) is 6.68. The lowest BCUT2D eigenvalue weighted by molar-refractivity contribution is 0.360. The summed E-state index contributed by atoms with van der Waals surface area (Å²) in [5.74, 6) is 0.630. The van der Waals surface area contributed by atoms with Crippen LogP contribution in [0, 0.1) is 0 Å². The van der Waals surface area contributed by atoms with Gasteiger partial charge in [-0.05, 0) is 60.7 Å². The average molecular weight is 624 g/mol. The average Bonchev–Trinajstić information content (AvgIpc) is 3.70. The zero-order valence-electron chi connectivity index (χ0n) is 24.1. The Morgan fingerprint density at radius 2 is 0.766 bits per heavy atom. The number of ether oxygens (including phenoxy) is 3. The van der Waals surface area contributed by atoms with Crippen molar-refractivity contribution in [1.29, 1.82) is 0 Å². The van der Waals surface area contributed by atoms with Gasteiger partial charge < -0.3 is 24.4 Å². The Morgan fingerprint density at radius 1 is 0.404 bits per heavy atom. The second kappa shape index (κ2) is 11.4. The molecule has 0 spiro atoms. The van der Waals surface area contributed by atoms with Crippen LogP contribution in [0.4, 0.5) is 0 Å². The van der Waals surface area contributed by atoms with Crippen molar-refractivity contribution in [3.63, 3.8) is 0 Å². The smallest absolute Gasteiger partial charge is 0.331 e. The molecule has 2 N–H and O–H groups in total. The molecular formula is C33H21N9O5. The first kappa shape index (κ1) is 27.5. The van der Waals surface area contributed by atoms with E-state index in [2.05, 4.69) is 35.3 Å². The summed E-state index contributed by atoms with van der Waals surface area (Å²) >= 11 is 0. The lowest BCUT2D eigenvalue weighted by atomic mass is 10.3. The Balaban J connectivity index is 1.08. The molecule has 0 aliphatic heterocycles. The number of hydrogen-bond acceptors (Lipinski definition) is 12. The fraction of sp³-hybridized carbons (Fsp3) is 0. The number of phenolic OH excluding ortho intramolecular Hbond substituents is 2. The minimum atomic E-state index is -0.177. The summed E-state index contributed by atoms with van der Waals surface area (Å²) in [7, 11) is 0. The van der Waals surface area contributed by atoms with Gasteiger partial charge in [-0.15, -0.1) is 44.9 Å². The number of rotatable bonds is 8. The number of aromatic nitrogens is 9.